The van der Waals surface area contributed by atoms with Crippen molar-refractivity contribution in [3.8, 4) is 16.9 Å². The number of allylic oxidation sites excluding steroid dienone is 2. The Morgan fingerprint density at radius 3 is 2.47 bits per heavy atom. The second kappa shape index (κ2) is 18.5. The number of urea groups is 1. The highest BCUT2D eigenvalue weighted by atomic mass is 35.5. The highest BCUT2D eigenvalue weighted by Crippen LogP contribution is 2.38. The zero-order valence-electron chi connectivity index (χ0n) is 28.3. The summed E-state index contributed by atoms with van der Waals surface area (Å²) >= 11 is 6.06. The van der Waals surface area contributed by atoms with E-state index in [1.54, 1.807) is 42.2 Å². The number of aryl methyl sites for hydroxylation is 1. The van der Waals surface area contributed by atoms with Gasteiger partial charge in [-0.2, -0.15) is 0 Å². The van der Waals surface area contributed by atoms with Crippen molar-refractivity contribution >= 4 is 29.1 Å². The smallest absolute Gasteiger partial charge is 0.321 e. The first kappa shape index (κ1) is 38.4. The van der Waals surface area contributed by atoms with Gasteiger partial charge in [-0.1, -0.05) is 43.6 Å². The SMILES string of the molecule is CC.Cc1ccc(F)c(C)c1C.[N-]=[N+]=NOC(Oc1cc(-c2cccc(NC(=O)N3CCCCC3)c2)cnc1N)C1=C(O)CCC(F)=C1Cl. The van der Waals surface area contributed by atoms with Crippen LogP contribution in [0.3, 0.4) is 0 Å². The van der Waals surface area contributed by atoms with Gasteiger partial charge in [0.1, 0.15) is 22.7 Å². The van der Waals surface area contributed by atoms with Crippen molar-refractivity contribution in [2.75, 3.05) is 24.1 Å². The van der Waals surface area contributed by atoms with E-state index in [4.69, 9.17) is 32.4 Å². The zero-order chi connectivity index (χ0) is 36.1. The lowest BCUT2D eigenvalue weighted by Gasteiger charge is -2.26. The van der Waals surface area contributed by atoms with E-state index in [-0.39, 0.29) is 47.6 Å². The van der Waals surface area contributed by atoms with Crippen LogP contribution in [0.4, 0.5) is 25.1 Å². The third-order valence-electron chi connectivity index (χ3n) is 7.98. The van der Waals surface area contributed by atoms with E-state index in [0.717, 1.165) is 49.0 Å². The van der Waals surface area contributed by atoms with Crippen molar-refractivity contribution in [2.24, 2.45) is 5.28 Å². The molecule has 0 spiro atoms. The van der Waals surface area contributed by atoms with Crippen LogP contribution in [0.2, 0.25) is 0 Å². The number of hydrogen-bond donors (Lipinski definition) is 3. The molecule has 1 atom stereocenters. The van der Waals surface area contributed by atoms with Crippen molar-refractivity contribution in [1.82, 2.24) is 9.88 Å². The number of hydrogen-bond acceptors (Lipinski definition) is 7. The summed E-state index contributed by atoms with van der Waals surface area (Å²) in [6, 6.07) is 11.8. The molecule has 11 nitrogen and oxygen atoms in total. The first-order valence-corrected chi connectivity index (χ1v) is 16.4. The highest BCUT2D eigenvalue weighted by Gasteiger charge is 2.31. The number of rotatable bonds is 7. The van der Waals surface area contributed by atoms with Gasteiger partial charge in [-0.05, 0) is 92.1 Å². The van der Waals surface area contributed by atoms with Crippen molar-refractivity contribution in [1.29, 1.82) is 0 Å². The Balaban J connectivity index is 0.000000460. The lowest BCUT2D eigenvalue weighted by molar-refractivity contribution is -0.0554. The maximum atomic E-state index is 14.2. The molecule has 262 valence electrons. The minimum Gasteiger partial charge on any atom is -0.512 e. The molecule has 2 heterocycles. The lowest BCUT2D eigenvalue weighted by Crippen LogP contribution is -2.38. The molecule has 5 rings (SSSR count). The number of carbonyl (C=O) groups is 1. The summed E-state index contributed by atoms with van der Waals surface area (Å²) in [5.74, 6) is -1.08. The number of aliphatic hydroxyl groups is 1. The minimum absolute atomic E-state index is 0.00847. The molecule has 2 aromatic carbocycles. The van der Waals surface area contributed by atoms with Gasteiger partial charge in [0.25, 0.3) is 6.29 Å². The van der Waals surface area contributed by atoms with Crippen molar-refractivity contribution in [3.63, 3.8) is 0 Å². The van der Waals surface area contributed by atoms with E-state index < -0.39 is 17.1 Å². The molecule has 0 radical (unpaired) electrons. The van der Waals surface area contributed by atoms with Gasteiger partial charge in [0.05, 0.1) is 10.6 Å². The number of nitrogens with zero attached hydrogens (tertiary/aromatic N) is 5. The fraction of sp³-hybridized carbons (Fsp3) is 0.371. The number of piperidine rings is 1. The molecule has 3 aromatic rings. The Morgan fingerprint density at radius 2 is 1.80 bits per heavy atom. The number of nitrogen functional groups attached to an aromatic ring is 1. The minimum atomic E-state index is -1.59. The van der Waals surface area contributed by atoms with Crippen LogP contribution in [-0.4, -0.2) is 40.4 Å². The maximum absolute atomic E-state index is 14.2. The van der Waals surface area contributed by atoms with Gasteiger partial charge < -0.3 is 30.6 Å². The van der Waals surface area contributed by atoms with Crippen LogP contribution in [0.1, 0.15) is 62.6 Å². The van der Waals surface area contributed by atoms with Gasteiger partial charge in [-0.15, -0.1) is 0 Å². The molecule has 1 aliphatic heterocycles. The Morgan fingerprint density at radius 1 is 1.08 bits per heavy atom. The number of nitrogens with one attached hydrogen (secondary N) is 1. The largest absolute Gasteiger partial charge is 0.512 e. The third-order valence-corrected chi connectivity index (χ3v) is 8.39. The van der Waals surface area contributed by atoms with Gasteiger partial charge in [-0.3, -0.25) is 0 Å². The average molecular weight is 698 g/mol. The number of aliphatic hydroxyl groups excluding tert-OH is 1. The molecule has 1 fully saturated rings. The molecule has 2 aliphatic rings. The molecule has 2 amide bonds. The van der Waals surface area contributed by atoms with E-state index in [1.165, 1.54) is 12.3 Å². The number of halogens is 3. The Hall–Kier alpha value is -5.00. The molecule has 4 N–H and O–H groups in total. The van der Waals surface area contributed by atoms with Crippen LogP contribution >= 0.6 is 11.6 Å². The Kier molecular flexibility index (Phi) is 14.5. The van der Waals surface area contributed by atoms with Crippen LogP contribution in [-0.2, 0) is 4.84 Å². The average Bonchev–Trinajstić information content (AvgIpc) is 3.12. The van der Waals surface area contributed by atoms with Gasteiger partial charge in [0.15, 0.2) is 11.6 Å². The summed E-state index contributed by atoms with van der Waals surface area (Å²) in [6.45, 7) is 11.2. The highest BCUT2D eigenvalue weighted by molar-refractivity contribution is 6.32. The summed E-state index contributed by atoms with van der Waals surface area (Å²) in [5.41, 5.74) is 19.3. The fourth-order valence-corrected chi connectivity index (χ4v) is 5.30. The van der Waals surface area contributed by atoms with Crippen LogP contribution in [0.5, 0.6) is 5.75 Å². The molecule has 0 bridgehead atoms. The Bertz CT molecular complexity index is 1710. The summed E-state index contributed by atoms with van der Waals surface area (Å²) in [4.78, 5) is 26.0. The number of nitrogens with two attached hydrogens (primary N) is 1. The van der Waals surface area contributed by atoms with E-state index >= 15 is 0 Å². The van der Waals surface area contributed by atoms with Crippen LogP contribution in [0.15, 0.2) is 76.1 Å². The fourth-order valence-electron chi connectivity index (χ4n) is 5.00. The third kappa shape index (κ3) is 10.2. The van der Waals surface area contributed by atoms with Crippen molar-refractivity contribution < 1.29 is 28.3 Å². The zero-order valence-corrected chi connectivity index (χ0v) is 29.0. The molecule has 14 heteroatoms. The van der Waals surface area contributed by atoms with Gasteiger partial charge in [0, 0.05) is 48.3 Å². The van der Waals surface area contributed by atoms with E-state index in [1.807, 2.05) is 33.8 Å². The van der Waals surface area contributed by atoms with Gasteiger partial charge >= 0.3 is 6.03 Å². The van der Waals surface area contributed by atoms with Crippen LogP contribution in [0.25, 0.3) is 21.6 Å². The molecule has 1 saturated heterocycles. The quantitative estimate of drug-likeness (QED) is 0.0732. The first-order chi connectivity index (χ1) is 23.5. The molecule has 0 saturated carbocycles. The summed E-state index contributed by atoms with van der Waals surface area (Å²) in [5, 5.41) is 15.9. The topological polar surface area (TPSA) is 159 Å². The molecule has 1 aliphatic carbocycles. The molecular formula is C35H42ClF2N7O4. The summed E-state index contributed by atoms with van der Waals surface area (Å²) < 4.78 is 32.7. The number of pyridine rings is 1. The van der Waals surface area contributed by atoms with Crippen molar-refractivity contribution in [3.05, 3.63) is 104 Å². The first-order valence-electron chi connectivity index (χ1n) is 16.0. The number of azide groups is 1. The normalized spacial score (nSPS) is 14.7. The second-order valence-electron chi connectivity index (χ2n) is 11.1. The van der Waals surface area contributed by atoms with Crippen LogP contribution < -0.4 is 15.8 Å². The number of ether oxygens (including phenoxy) is 1. The number of benzene rings is 2. The Labute approximate surface area is 290 Å². The molecule has 1 unspecified atom stereocenters. The molecule has 49 heavy (non-hydrogen) atoms. The van der Waals surface area contributed by atoms with E-state index in [9.17, 15) is 18.7 Å². The summed E-state index contributed by atoms with van der Waals surface area (Å²) in [7, 11) is 0. The van der Waals surface area contributed by atoms with Crippen LogP contribution in [0, 0.1) is 26.6 Å². The van der Waals surface area contributed by atoms with Gasteiger partial charge in [0.2, 0.25) is 0 Å². The molecular weight excluding hydrogens is 656 g/mol. The van der Waals surface area contributed by atoms with Crippen molar-refractivity contribution in [2.45, 2.75) is 73.0 Å². The van der Waals surface area contributed by atoms with E-state index in [2.05, 4.69) is 20.5 Å². The predicted octanol–water partition coefficient (Wildman–Crippen LogP) is 10.1. The lowest BCUT2D eigenvalue weighted by atomic mass is 10.0. The maximum Gasteiger partial charge on any atom is 0.321 e. The molecule has 1 aromatic heterocycles. The monoisotopic (exact) mass is 697 g/mol. The number of anilines is 2. The summed E-state index contributed by atoms with van der Waals surface area (Å²) in [6.07, 6.45) is 2.88. The second-order valence-corrected chi connectivity index (χ2v) is 11.5. The number of amides is 2. The number of aromatic nitrogens is 1. The predicted molar refractivity (Wildman–Crippen MR) is 188 cm³/mol. The van der Waals surface area contributed by atoms with E-state index in [0.29, 0.717) is 16.8 Å². The standard InChI is InChI=1S/C24H25ClFN7O4.C9H11F.C2H6/c25-21-17(26)7-8-18(34)20(21)23(37-32-31-28)36-19-12-15(13-29-22(19)27)14-5-4-6-16(11-14)30-24(35)33-9-2-1-3-10-33;1-6-4-5-9(10)8(3)7(6)2;1-2/h4-6,11-13,23,34H,1-3,7-10H2,(H2,27,29)(H,30,35);4-5H,1-3H3;1-2H3. The van der Waals surface area contributed by atoms with Gasteiger partial charge in [-0.25, -0.2) is 18.6 Å². The number of carbonyl (C=O) groups excluding carboxylic acids is 1. The number of likely N-dealkylation sites (tertiary alicyclic amines) is 1.